The molecule has 2 N–H and O–H groups in total. The summed E-state index contributed by atoms with van der Waals surface area (Å²) >= 11 is 0. The molecule has 2 heteroatoms. The van der Waals surface area contributed by atoms with Crippen molar-refractivity contribution in [3.63, 3.8) is 0 Å². The van der Waals surface area contributed by atoms with E-state index in [1.54, 1.807) is 0 Å². The lowest BCUT2D eigenvalue weighted by Gasteiger charge is -2.34. The molecule has 0 aliphatic heterocycles. The number of rotatable bonds is 3. The van der Waals surface area contributed by atoms with E-state index in [0.717, 1.165) is 18.3 Å². The molecule has 2 rings (SSSR count). The second-order valence-corrected chi connectivity index (χ2v) is 5.80. The average molecular weight is 223 g/mol. The first kappa shape index (κ1) is 12.1. The van der Waals surface area contributed by atoms with Gasteiger partial charge in [-0.15, -0.1) is 0 Å². The summed E-state index contributed by atoms with van der Waals surface area (Å²) in [5.74, 6) is 2.13. The molecule has 92 valence electrons. The van der Waals surface area contributed by atoms with Gasteiger partial charge in [0, 0.05) is 24.6 Å². The molecule has 16 heavy (non-hydrogen) atoms. The van der Waals surface area contributed by atoms with Crippen LogP contribution in [0.25, 0.3) is 0 Å². The van der Waals surface area contributed by atoms with Crippen LogP contribution in [-0.2, 0) is 0 Å². The Hall–Kier alpha value is -0.340. The predicted octanol–water partition coefficient (Wildman–Crippen LogP) is 2.34. The Labute approximate surface area is 99.1 Å². The third kappa shape index (κ3) is 2.86. The molecule has 0 spiro atoms. The van der Waals surface area contributed by atoms with Gasteiger partial charge >= 0.3 is 0 Å². The summed E-state index contributed by atoms with van der Waals surface area (Å²) < 4.78 is 0. The molecule has 1 saturated carbocycles. The van der Waals surface area contributed by atoms with Crippen LogP contribution >= 0.6 is 0 Å². The van der Waals surface area contributed by atoms with Crippen LogP contribution in [-0.4, -0.2) is 23.8 Å². The predicted molar refractivity (Wildman–Crippen MR) is 67.2 cm³/mol. The van der Waals surface area contributed by atoms with Gasteiger partial charge in [-0.05, 0) is 37.5 Å². The Balaban J connectivity index is 1.77. The highest BCUT2D eigenvalue weighted by atomic mass is 16.3. The normalized spacial score (nSPS) is 43.8. The Morgan fingerprint density at radius 3 is 2.56 bits per heavy atom. The van der Waals surface area contributed by atoms with Crippen molar-refractivity contribution in [2.75, 3.05) is 6.61 Å². The Morgan fingerprint density at radius 1 is 1.12 bits per heavy atom. The van der Waals surface area contributed by atoms with Crippen molar-refractivity contribution >= 4 is 0 Å². The molecule has 0 aromatic rings. The first-order valence-corrected chi connectivity index (χ1v) is 6.74. The third-order valence-corrected chi connectivity index (χ3v) is 4.45. The van der Waals surface area contributed by atoms with E-state index in [9.17, 15) is 0 Å². The fourth-order valence-electron chi connectivity index (χ4n) is 3.04. The molecule has 0 amide bonds. The zero-order chi connectivity index (χ0) is 11.5. The number of nitrogens with one attached hydrogen (secondary N) is 1. The van der Waals surface area contributed by atoms with E-state index in [1.165, 1.54) is 19.3 Å². The van der Waals surface area contributed by atoms with Crippen LogP contribution in [0, 0.1) is 17.8 Å². The van der Waals surface area contributed by atoms with Crippen LogP contribution in [0.1, 0.15) is 39.5 Å². The third-order valence-electron chi connectivity index (χ3n) is 4.45. The zero-order valence-electron chi connectivity index (χ0n) is 10.5. The van der Waals surface area contributed by atoms with E-state index in [2.05, 4.69) is 31.3 Å². The summed E-state index contributed by atoms with van der Waals surface area (Å²) in [5.41, 5.74) is 0. The second kappa shape index (κ2) is 5.33. The molecular formula is C14H25NO. The molecule has 0 heterocycles. The summed E-state index contributed by atoms with van der Waals surface area (Å²) in [6, 6.07) is 1.20. The smallest absolute Gasteiger partial charge is 0.0494 e. The minimum Gasteiger partial charge on any atom is -0.396 e. The lowest BCUT2D eigenvalue weighted by molar-refractivity contribution is 0.211. The molecule has 0 aromatic carbocycles. The maximum absolute atomic E-state index is 9.09. The van der Waals surface area contributed by atoms with Crippen molar-refractivity contribution < 1.29 is 5.11 Å². The highest BCUT2D eigenvalue weighted by molar-refractivity contribution is 5.06. The average Bonchev–Trinajstić information content (AvgIpc) is 2.71. The Kier molecular flexibility index (Phi) is 4.04. The van der Waals surface area contributed by atoms with Crippen molar-refractivity contribution in [1.82, 2.24) is 5.32 Å². The molecule has 0 bridgehead atoms. The van der Waals surface area contributed by atoms with E-state index >= 15 is 0 Å². The number of hydrogen-bond acceptors (Lipinski definition) is 2. The fourth-order valence-corrected chi connectivity index (χ4v) is 3.04. The van der Waals surface area contributed by atoms with Gasteiger partial charge in [-0.25, -0.2) is 0 Å². The first-order chi connectivity index (χ1) is 7.69. The number of aliphatic hydroxyl groups excluding tert-OH is 1. The lowest BCUT2D eigenvalue weighted by atomic mass is 9.79. The van der Waals surface area contributed by atoms with Gasteiger partial charge < -0.3 is 10.4 Å². The van der Waals surface area contributed by atoms with Crippen LogP contribution in [0.5, 0.6) is 0 Å². The van der Waals surface area contributed by atoms with E-state index in [-0.39, 0.29) is 0 Å². The lowest BCUT2D eigenvalue weighted by Crippen LogP contribution is -2.41. The van der Waals surface area contributed by atoms with Crippen molar-refractivity contribution in [3.8, 4) is 0 Å². The van der Waals surface area contributed by atoms with Gasteiger partial charge in [-0.3, -0.25) is 0 Å². The topological polar surface area (TPSA) is 32.3 Å². The Morgan fingerprint density at radius 2 is 1.94 bits per heavy atom. The summed E-state index contributed by atoms with van der Waals surface area (Å²) in [5, 5.41) is 12.8. The number of aliphatic hydroxyl groups is 1. The van der Waals surface area contributed by atoms with Crippen LogP contribution in [0.15, 0.2) is 12.2 Å². The quantitative estimate of drug-likeness (QED) is 0.720. The van der Waals surface area contributed by atoms with E-state index in [1.807, 2.05) is 0 Å². The van der Waals surface area contributed by atoms with Gasteiger partial charge in [-0.2, -0.15) is 0 Å². The van der Waals surface area contributed by atoms with Crippen molar-refractivity contribution in [2.45, 2.75) is 51.6 Å². The highest BCUT2D eigenvalue weighted by Gasteiger charge is 2.27. The van der Waals surface area contributed by atoms with Crippen LogP contribution in [0.2, 0.25) is 0 Å². The van der Waals surface area contributed by atoms with E-state index in [4.69, 9.17) is 5.11 Å². The van der Waals surface area contributed by atoms with Gasteiger partial charge in [0.05, 0.1) is 0 Å². The molecule has 2 aliphatic rings. The molecule has 0 radical (unpaired) electrons. The van der Waals surface area contributed by atoms with Gasteiger partial charge in [0.15, 0.2) is 0 Å². The summed E-state index contributed by atoms with van der Waals surface area (Å²) in [6.45, 7) is 5.05. The van der Waals surface area contributed by atoms with Gasteiger partial charge in [0.2, 0.25) is 0 Å². The molecular weight excluding hydrogens is 198 g/mol. The van der Waals surface area contributed by atoms with Crippen LogP contribution in [0.3, 0.4) is 0 Å². The summed E-state index contributed by atoms with van der Waals surface area (Å²) in [6.07, 6.45) is 9.47. The van der Waals surface area contributed by atoms with Crippen molar-refractivity contribution in [3.05, 3.63) is 12.2 Å². The maximum atomic E-state index is 9.09. The van der Waals surface area contributed by atoms with E-state index in [0.29, 0.717) is 24.6 Å². The fraction of sp³-hybridized carbons (Fsp3) is 0.857. The van der Waals surface area contributed by atoms with Crippen molar-refractivity contribution in [2.24, 2.45) is 17.8 Å². The van der Waals surface area contributed by atoms with Gasteiger partial charge in [0.25, 0.3) is 0 Å². The SMILES string of the molecule is C[C@@H]1CC[C@H](N[C@@H]2C=C[C@H](CO)C2)C[C@@H]1C. The maximum Gasteiger partial charge on any atom is 0.0494 e. The minimum absolute atomic E-state index is 0.298. The standard InChI is InChI=1S/C14H25NO/c1-10-3-5-13(7-11(10)2)15-14-6-4-12(8-14)9-16/h4,6,10-16H,3,5,7-9H2,1-2H3/t10-,11+,12+,13+,14-/m1/s1. The van der Waals surface area contributed by atoms with Crippen LogP contribution in [0.4, 0.5) is 0 Å². The van der Waals surface area contributed by atoms with Gasteiger partial charge in [-0.1, -0.05) is 26.0 Å². The molecule has 2 aliphatic carbocycles. The molecule has 0 aromatic heterocycles. The highest BCUT2D eigenvalue weighted by Crippen LogP contribution is 2.30. The molecule has 0 saturated heterocycles. The first-order valence-electron chi connectivity index (χ1n) is 6.74. The summed E-state index contributed by atoms with van der Waals surface area (Å²) in [7, 11) is 0. The summed E-state index contributed by atoms with van der Waals surface area (Å²) in [4.78, 5) is 0. The Bertz CT molecular complexity index is 251. The minimum atomic E-state index is 0.298. The van der Waals surface area contributed by atoms with E-state index < -0.39 is 0 Å². The van der Waals surface area contributed by atoms with Crippen molar-refractivity contribution in [1.29, 1.82) is 0 Å². The monoisotopic (exact) mass is 223 g/mol. The molecule has 2 nitrogen and oxygen atoms in total. The van der Waals surface area contributed by atoms with Gasteiger partial charge in [0.1, 0.15) is 0 Å². The zero-order valence-corrected chi connectivity index (χ0v) is 10.5. The molecule has 0 unspecified atom stereocenters. The molecule has 5 atom stereocenters. The van der Waals surface area contributed by atoms with Crippen LogP contribution < -0.4 is 5.32 Å². The largest absolute Gasteiger partial charge is 0.396 e. The second-order valence-electron chi connectivity index (χ2n) is 5.80. The molecule has 1 fully saturated rings. The number of hydrogen-bond donors (Lipinski definition) is 2.